The van der Waals surface area contributed by atoms with Crippen LogP contribution in [-0.4, -0.2) is 19.1 Å². The van der Waals surface area contributed by atoms with Crippen molar-refractivity contribution in [3.8, 4) is 0 Å². The van der Waals surface area contributed by atoms with Crippen LogP contribution in [0.1, 0.15) is 51.2 Å². The topological polar surface area (TPSA) is 15.3 Å². The van der Waals surface area contributed by atoms with Crippen molar-refractivity contribution >= 4 is 5.69 Å². The van der Waals surface area contributed by atoms with Crippen LogP contribution in [0.15, 0.2) is 18.2 Å². The van der Waals surface area contributed by atoms with E-state index in [9.17, 15) is 0 Å². The summed E-state index contributed by atoms with van der Waals surface area (Å²) in [7, 11) is 0. The second kappa shape index (κ2) is 7.12. The summed E-state index contributed by atoms with van der Waals surface area (Å²) in [6.07, 6.45) is 4.03. The Bertz CT molecular complexity index is 417. The molecule has 0 unspecified atom stereocenters. The van der Waals surface area contributed by atoms with Gasteiger partial charge in [0.05, 0.1) is 0 Å². The predicted octanol–water partition coefficient (Wildman–Crippen LogP) is 4.12. The van der Waals surface area contributed by atoms with Crippen LogP contribution >= 0.6 is 0 Å². The maximum absolute atomic E-state index is 3.56. The lowest BCUT2D eigenvalue weighted by Crippen LogP contribution is -2.34. The largest absolute Gasteiger partial charge is 0.371 e. The molecule has 2 nitrogen and oxygen atoms in total. The average molecular weight is 274 g/mol. The van der Waals surface area contributed by atoms with Crippen LogP contribution in [0.2, 0.25) is 0 Å². The van der Waals surface area contributed by atoms with E-state index >= 15 is 0 Å². The first-order chi connectivity index (χ1) is 9.60. The van der Waals surface area contributed by atoms with Gasteiger partial charge >= 0.3 is 0 Å². The van der Waals surface area contributed by atoms with Gasteiger partial charge in [-0.2, -0.15) is 0 Å². The zero-order valence-electron chi connectivity index (χ0n) is 13.6. The zero-order valence-corrected chi connectivity index (χ0v) is 13.6. The van der Waals surface area contributed by atoms with Crippen LogP contribution in [-0.2, 0) is 6.54 Å². The summed E-state index contributed by atoms with van der Waals surface area (Å²) in [5.74, 6) is 0.939. The lowest BCUT2D eigenvalue weighted by molar-refractivity contribution is 0.394. The molecule has 1 aliphatic rings. The molecule has 0 spiro atoms. The third kappa shape index (κ3) is 3.99. The molecule has 0 saturated carbocycles. The number of nitrogens with zero attached hydrogens (tertiary/aromatic N) is 1. The molecule has 0 bridgehead atoms. The summed E-state index contributed by atoms with van der Waals surface area (Å²) >= 11 is 0. The molecule has 0 atom stereocenters. The van der Waals surface area contributed by atoms with Crippen LogP contribution in [0.3, 0.4) is 0 Å². The van der Waals surface area contributed by atoms with Crippen molar-refractivity contribution in [2.75, 3.05) is 18.0 Å². The van der Waals surface area contributed by atoms with Gasteiger partial charge in [-0.05, 0) is 37.3 Å². The zero-order chi connectivity index (χ0) is 14.5. The molecule has 0 radical (unpaired) electrons. The summed E-state index contributed by atoms with van der Waals surface area (Å²) in [6, 6.07) is 7.45. The van der Waals surface area contributed by atoms with E-state index in [4.69, 9.17) is 0 Å². The van der Waals surface area contributed by atoms with E-state index in [0.717, 1.165) is 12.5 Å². The normalized spacial score (nSPS) is 16.9. The SMILES string of the molecule is CCC1CCN(c2ccc(C)cc2CNC(C)C)CC1. The Kier molecular flexibility index (Phi) is 5.47. The fraction of sp³-hybridized carbons (Fsp3) is 0.667. The Balaban J connectivity index is 2.10. The molecule has 0 amide bonds. The van der Waals surface area contributed by atoms with Gasteiger partial charge in [0.1, 0.15) is 0 Å². The predicted molar refractivity (Wildman–Crippen MR) is 88.4 cm³/mol. The van der Waals surface area contributed by atoms with Crippen molar-refractivity contribution in [1.29, 1.82) is 0 Å². The van der Waals surface area contributed by atoms with Gasteiger partial charge in [-0.15, -0.1) is 0 Å². The number of piperidine rings is 1. The van der Waals surface area contributed by atoms with Crippen molar-refractivity contribution in [3.05, 3.63) is 29.3 Å². The van der Waals surface area contributed by atoms with Gasteiger partial charge in [-0.25, -0.2) is 0 Å². The van der Waals surface area contributed by atoms with Crippen molar-refractivity contribution in [3.63, 3.8) is 0 Å². The van der Waals surface area contributed by atoms with E-state index in [2.05, 4.69) is 56.1 Å². The second-order valence-electron chi connectivity index (χ2n) is 6.51. The van der Waals surface area contributed by atoms with Crippen molar-refractivity contribution in [1.82, 2.24) is 5.32 Å². The van der Waals surface area contributed by atoms with E-state index in [1.807, 2.05) is 0 Å². The van der Waals surface area contributed by atoms with Gasteiger partial charge < -0.3 is 10.2 Å². The molecule has 0 aromatic heterocycles. The third-order valence-corrected chi connectivity index (χ3v) is 4.47. The number of hydrogen-bond donors (Lipinski definition) is 1. The molecule has 2 heteroatoms. The molecule has 0 aliphatic carbocycles. The van der Waals surface area contributed by atoms with Crippen molar-refractivity contribution < 1.29 is 0 Å². The van der Waals surface area contributed by atoms with Crippen LogP contribution in [0, 0.1) is 12.8 Å². The lowest BCUT2D eigenvalue weighted by atomic mass is 9.93. The van der Waals surface area contributed by atoms with Gasteiger partial charge in [0.15, 0.2) is 0 Å². The van der Waals surface area contributed by atoms with Crippen molar-refractivity contribution in [2.45, 2.75) is 59.5 Å². The van der Waals surface area contributed by atoms with Crippen molar-refractivity contribution in [2.24, 2.45) is 5.92 Å². The molecule has 1 aromatic carbocycles. The number of benzene rings is 1. The summed E-state index contributed by atoms with van der Waals surface area (Å²) in [5, 5.41) is 3.56. The van der Waals surface area contributed by atoms with Gasteiger partial charge in [-0.3, -0.25) is 0 Å². The highest BCUT2D eigenvalue weighted by Crippen LogP contribution is 2.28. The Morgan fingerprint density at radius 3 is 2.55 bits per heavy atom. The first-order valence-corrected chi connectivity index (χ1v) is 8.18. The standard InChI is InChI=1S/C18H30N2/c1-5-16-8-10-20(11-9-16)18-7-6-15(4)12-17(18)13-19-14(2)3/h6-7,12,14,16,19H,5,8-11,13H2,1-4H3. The van der Waals surface area contributed by atoms with Crippen LogP contribution < -0.4 is 10.2 Å². The highest BCUT2D eigenvalue weighted by Gasteiger charge is 2.19. The molecule has 1 heterocycles. The van der Waals surface area contributed by atoms with Gasteiger partial charge in [-0.1, -0.05) is 44.9 Å². The first kappa shape index (κ1) is 15.4. The summed E-state index contributed by atoms with van der Waals surface area (Å²) < 4.78 is 0. The van der Waals surface area contributed by atoms with E-state index < -0.39 is 0 Å². The van der Waals surface area contributed by atoms with Gasteiger partial charge in [0.25, 0.3) is 0 Å². The number of hydrogen-bond acceptors (Lipinski definition) is 2. The number of rotatable bonds is 5. The average Bonchev–Trinajstić information content (AvgIpc) is 2.45. The molecular formula is C18H30N2. The lowest BCUT2D eigenvalue weighted by Gasteiger charge is -2.34. The highest BCUT2D eigenvalue weighted by atomic mass is 15.1. The minimum Gasteiger partial charge on any atom is -0.371 e. The summed E-state index contributed by atoms with van der Waals surface area (Å²) in [6.45, 7) is 12.3. The number of aryl methyl sites for hydroxylation is 1. The molecular weight excluding hydrogens is 244 g/mol. The smallest absolute Gasteiger partial charge is 0.0412 e. The molecule has 20 heavy (non-hydrogen) atoms. The Morgan fingerprint density at radius 1 is 1.25 bits per heavy atom. The number of anilines is 1. The molecule has 1 fully saturated rings. The minimum absolute atomic E-state index is 0.536. The van der Waals surface area contributed by atoms with E-state index in [-0.39, 0.29) is 0 Å². The van der Waals surface area contributed by atoms with E-state index in [0.29, 0.717) is 6.04 Å². The molecule has 112 valence electrons. The van der Waals surface area contributed by atoms with E-state index in [1.165, 1.54) is 49.2 Å². The first-order valence-electron chi connectivity index (χ1n) is 8.18. The fourth-order valence-corrected chi connectivity index (χ4v) is 3.06. The van der Waals surface area contributed by atoms with Crippen LogP contribution in [0.4, 0.5) is 5.69 Å². The monoisotopic (exact) mass is 274 g/mol. The quantitative estimate of drug-likeness (QED) is 0.869. The Labute approximate surface area is 124 Å². The molecule has 1 aliphatic heterocycles. The number of nitrogens with one attached hydrogen (secondary N) is 1. The van der Waals surface area contributed by atoms with E-state index in [1.54, 1.807) is 0 Å². The molecule has 2 rings (SSSR count). The van der Waals surface area contributed by atoms with Gasteiger partial charge in [0, 0.05) is 31.4 Å². The molecule has 1 aromatic rings. The summed E-state index contributed by atoms with van der Waals surface area (Å²) in [5.41, 5.74) is 4.25. The van der Waals surface area contributed by atoms with Crippen LogP contribution in [0.5, 0.6) is 0 Å². The minimum atomic E-state index is 0.536. The molecule has 1 N–H and O–H groups in total. The third-order valence-electron chi connectivity index (χ3n) is 4.47. The second-order valence-corrected chi connectivity index (χ2v) is 6.51. The van der Waals surface area contributed by atoms with Crippen LogP contribution in [0.25, 0.3) is 0 Å². The maximum Gasteiger partial charge on any atom is 0.0412 e. The maximum atomic E-state index is 3.56. The summed E-state index contributed by atoms with van der Waals surface area (Å²) in [4.78, 5) is 2.59. The Morgan fingerprint density at radius 2 is 1.95 bits per heavy atom. The highest BCUT2D eigenvalue weighted by molar-refractivity contribution is 5.55. The molecule has 1 saturated heterocycles. The fourth-order valence-electron chi connectivity index (χ4n) is 3.06. The van der Waals surface area contributed by atoms with Gasteiger partial charge in [0.2, 0.25) is 0 Å². The Hall–Kier alpha value is -1.02.